The lowest BCUT2D eigenvalue weighted by molar-refractivity contribution is -0.134. The summed E-state index contributed by atoms with van der Waals surface area (Å²) in [5.74, 6) is -0.696. The molecule has 1 fully saturated rings. The van der Waals surface area contributed by atoms with Crippen LogP contribution in [0.5, 0.6) is 0 Å². The molecular formula is C22H25N3O3. The van der Waals surface area contributed by atoms with Crippen LogP contribution in [-0.2, 0) is 22.4 Å². The molecule has 1 saturated heterocycles. The minimum Gasteiger partial charge on any atom is -0.354 e. The summed E-state index contributed by atoms with van der Waals surface area (Å²) in [4.78, 5) is 38.2. The number of benzene rings is 2. The summed E-state index contributed by atoms with van der Waals surface area (Å²) in [6.45, 7) is 1.90. The maximum Gasteiger partial charge on any atom is 0.325 e. The fourth-order valence-corrected chi connectivity index (χ4v) is 3.29. The van der Waals surface area contributed by atoms with E-state index in [1.807, 2.05) is 60.7 Å². The first-order chi connectivity index (χ1) is 13.5. The second kappa shape index (κ2) is 8.69. The monoisotopic (exact) mass is 379 g/mol. The first-order valence-electron chi connectivity index (χ1n) is 9.46. The van der Waals surface area contributed by atoms with Crippen molar-refractivity contribution < 1.29 is 14.4 Å². The number of nitrogens with zero attached hydrogens (tertiary/aromatic N) is 1. The van der Waals surface area contributed by atoms with E-state index >= 15 is 0 Å². The summed E-state index contributed by atoms with van der Waals surface area (Å²) < 4.78 is 0. The minimum atomic E-state index is -0.989. The zero-order valence-electron chi connectivity index (χ0n) is 16.0. The first-order valence-corrected chi connectivity index (χ1v) is 9.46. The topological polar surface area (TPSA) is 78.5 Å². The average molecular weight is 379 g/mol. The Balaban J connectivity index is 1.50. The fourth-order valence-electron chi connectivity index (χ4n) is 3.29. The van der Waals surface area contributed by atoms with Gasteiger partial charge in [-0.25, -0.2) is 4.79 Å². The normalized spacial score (nSPS) is 18.8. The third-order valence-corrected chi connectivity index (χ3v) is 4.98. The molecule has 3 rings (SSSR count). The number of carbonyl (C=O) groups is 3. The maximum absolute atomic E-state index is 12.8. The van der Waals surface area contributed by atoms with Gasteiger partial charge in [-0.1, -0.05) is 60.7 Å². The molecule has 0 spiro atoms. The molecule has 6 heteroatoms. The van der Waals surface area contributed by atoms with Crippen LogP contribution in [0.1, 0.15) is 24.5 Å². The Morgan fingerprint density at radius 2 is 1.54 bits per heavy atom. The van der Waals surface area contributed by atoms with Gasteiger partial charge in [-0.3, -0.25) is 14.5 Å². The Morgan fingerprint density at radius 3 is 2.14 bits per heavy atom. The van der Waals surface area contributed by atoms with Gasteiger partial charge < -0.3 is 10.6 Å². The molecule has 2 N–H and O–H groups in total. The maximum atomic E-state index is 12.8. The Hall–Kier alpha value is -3.15. The summed E-state index contributed by atoms with van der Waals surface area (Å²) in [6, 6.07) is 19.1. The molecule has 0 aromatic heterocycles. The number of carbonyl (C=O) groups excluding carboxylic acids is 3. The van der Waals surface area contributed by atoms with Gasteiger partial charge in [0.2, 0.25) is 5.91 Å². The predicted molar refractivity (Wildman–Crippen MR) is 107 cm³/mol. The van der Waals surface area contributed by atoms with E-state index in [0.717, 1.165) is 16.0 Å². The van der Waals surface area contributed by atoms with Gasteiger partial charge in [0.25, 0.3) is 5.91 Å². The highest BCUT2D eigenvalue weighted by Gasteiger charge is 2.47. The molecule has 1 aliphatic heterocycles. The van der Waals surface area contributed by atoms with Crippen LogP contribution in [0.2, 0.25) is 0 Å². The number of amides is 4. The summed E-state index contributed by atoms with van der Waals surface area (Å²) in [5, 5.41) is 5.52. The van der Waals surface area contributed by atoms with E-state index in [1.165, 1.54) is 0 Å². The predicted octanol–water partition coefficient (Wildman–Crippen LogP) is 2.29. The van der Waals surface area contributed by atoms with Crippen molar-refractivity contribution in [3.63, 3.8) is 0 Å². The Bertz CT molecular complexity index is 839. The van der Waals surface area contributed by atoms with Crippen molar-refractivity contribution in [3.05, 3.63) is 71.8 Å². The van der Waals surface area contributed by atoms with Crippen molar-refractivity contribution in [2.45, 2.75) is 31.7 Å². The average Bonchev–Trinajstić information content (AvgIpc) is 2.91. The molecule has 0 saturated carbocycles. The second-order valence-electron chi connectivity index (χ2n) is 7.22. The molecule has 1 heterocycles. The van der Waals surface area contributed by atoms with Crippen LogP contribution in [0, 0.1) is 0 Å². The van der Waals surface area contributed by atoms with Gasteiger partial charge in [-0.15, -0.1) is 0 Å². The molecule has 2 aromatic carbocycles. The van der Waals surface area contributed by atoms with E-state index in [0.29, 0.717) is 25.8 Å². The molecule has 6 nitrogen and oxygen atoms in total. The number of aryl methyl sites for hydroxylation is 1. The largest absolute Gasteiger partial charge is 0.354 e. The van der Waals surface area contributed by atoms with Gasteiger partial charge in [0, 0.05) is 6.54 Å². The van der Waals surface area contributed by atoms with Gasteiger partial charge in [0.1, 0.15) is 12.1 Å². The van der Waals surface area contributed by atoms with Crippen molar-refractivity contribution in [3.8, 4) is 0 Å². The van der Waals surface area contributed by atoms with Crippen LogP contribution in [-0.4, -0.2) is 41.4 Å². The quantitative estimate of drug-likeness (QED) is 0.691. The number of imide groups is 1. The lowest BCUT2D eigenvalue weighted by atomic mass is 9.93. The molecule has 28 heavy (non-hydrogen) atoms. The highest BCUT2D eigenvalue weighted by atomic mass is 16.2. The van der Waals surface area contributed by atoms with Crippen molar-refractivity contribution >= 4 is 17.8 Å². The third-order valence-electron chi connectivity index (χ3n) is 4.98. The fraction of sp³-hybridized carbons (Fsp3) is 0.318. The number of hydrogen-bond donors (Lipinski definition) is 2. The summed E-state index contributed by atoms with van der Waals surface area (Å²) >= 11 is 0. The Labute approximate surface area is 164 Å². The number of nitrogens with one attached hydrogen (secondary N) is 2. The molecular weight excluding hydrogens is 354 g/mol. The van der Waals surface area contributed by atoms with Gasteiger partial charge >= 0.3 is 6.03 Å². The molecule has 2 aromatic rings. The van der Waals surface area contributed by atoms with Crippen LogP contribution in [0.3, 0.4) is 0 Å². The SMILES string of the molecule is C[C@]1(CCc2ccccc2)NC(=O)N(CC(=O)NCCc2ccccc2)C1=O. The molecule has 0 bridgehead atoms. The lowest BCUT2D eigenvalue weighted by Crippen LogP contribution is -2.45. The van der Waals surface area contributed by atoms with Gasteiger partial charge in [-0.05, 0) is 37.3 Å². The third kappa shape index (κ3) is 4.76. The van der Waals surface area contributed by atoms with Crippen molar-refractivity contribution in [1.82, 2.24) is 15.5 Å². The van der Waals surface area contributed by atoms with E-state index in [-0.39, 0.29) is 18.4 Å². The van der Waals surface area contributed by atoms with E-state index < -0.39 is 11.6 Å². The van der Waals surface area contributed by atoms with E-state index in [4.69, 9.17) is 0 Å². The molecule has 146 valence electrons. The number of urea groups is 1. The van der Waals surface area contributed by atoms with Crippen molar-refractivity contribution in [2.75, 3.05) is 13.1 Å². The smallest absolute Gasteiger partial charge is 0.325 e. The molecule has 0 unspecified atom stereocenters. The van der Waals surface area contributed by atoms with E-state index in [2.05, 4.69) is 10.6 Å². The van der Waals surface area contributed by atoms with Gasteiger partial charge in [0.05, 0.1) is 0 Å². The Kier molecular flexibility index (Phi) is 6.09. The summed E-state index contributed by atoms with van der Waals surface area (Å²) in [7, 11) is 0. The van der Waals surface area contributed by atoms with Crippen LogP contribution in [0.4, 0.5) is 4.79 Å². The molecule has 0 aliphatic carbocycles. The molecule has 4 amide bonds. The summed E-state index contributed by atoms with van der Waals surface area (Å²) in [5.41, 5.74) is 1.23. The second-order valence-corrected chi connectivity index (χ2v) is 7.22. The standard InChI is InChI=1S/C22H25N3O3/c1-22(14-12-17-8-4-2-5-9-17)20(27)25(21(28)24-22)16-19(26)23-15-13-18-10-6-3-7-11-18/h2-11H,12-16H2,1H3,(H,23,26)(H,24,28)/t22-/m1/s1. The van der Waals surface area contributed by atoms with Crippen LogP contribution in [0.25, 0.3) is 0 Å². The van der Waals surface area contributed by atoms with Crippen LogP contribution < -0.4 is 10.6 Å². The number of hydrogen-bond acceptors (Lipinski definition) is 3. The minimum absolute atomic E-state index is 0.264. The van der Waals surface area contributed by atoms with Crippen molar-refractivity contribution in [1.29, 1.82) is 0 Å². The highest BCUT2D eigenvalue weighted by molar-refractivity contribution is 6.08. The Morgan fingerprint density at radius 1 is 0.964 bits per heavy atom. The van der Waals surface area contributed by atoms with Crippen LogP contribution in [0.15, 0.2) is 60.7 Å². The zero-order chi connectivity index (χ0) is 20.0. The lowest BCUT2D eigenvalue weighted by Gasteiger charge is -2.21. The van der Waals surface area contributed by atoms with Gasteiger partial charge in [-0.2, -0.15) is 0 Å². The van der Waals surface area contributed by atoms with Crippen LogP contribution >= 0.6 is 0 Å². The molecule has 0 radical (unpaired) electrons. The van der Waals surface area contributed by atoms with E-state index in [9.17, 15) is 14.4 Å². The van der Waals surface area contributed by atoms with Gasteiger partial charge in [0.15, 0.2) is 0 Å². The molecule has 1 atom stereocenters. The zero-order valence-corrected chi connectivity index (χ0v) is 16.0. The summed E-state index contributed by atoms with van der Waals surface area (Å²) in [6.07, 6.45) is 1.84. The first kappa shape index (κ1) is 19.6. The van der Waals surface area contributed by atoms with Crippen molar-refractivity contribution in [2.24, 2.45) is 0 Å². The number of rotatable bonds is 8. The molecule has 1 aliphatic rings. The van der Waals surface area contributed by atoms with E-state index in [1.54, 1.807) is 6.92 Å². The highest BCUT2D eigenvalue weighted by Crippen LogP contribution is 2.23.